The van der Waals surface area contributed by atoms with Crippen molar-refractivity contribution in [1.29, 1.82) is 0 Å². The molecule has 1 amide bonds. The minimum atomic E-state index is 0.00666. The monoisotopic (exact) mass is 282 g/mol. The van der Waals surface area contributed by atoms with E-state index in [9.17, 15) is 4.79 Å². The Labute approximate surface area is 118 Å². The van der Waals surface area contributed by atoms with E-state index in [4.69, 9.17) is 18.0 Å². The third-order valence-corrected chi connectivity index (χ3v) is 3.54. The highest BCUT2D eigenvalue weighted by Crippen LogP contribution is 2.11. The number of carbonyl (C=O) groups is 1. The van der Waals surface area contributed by atoms with Gasteiger partial charge in [-0.25, -0.2) is 0 Å². The van der Waals surface area contributed by atoms with Crippen LogP contribution < -0.4 is 11.1 Å². The van der Waals surface area contributed by atoms with Gasteiger partial charge in [0, 0.05) is 17.9 Å². The Bertz CT molecular complexity index is 404. The molecule has 0 heterocycles. The summed E-state index contributed by atoms with van der Waals surface area (Å²) < 4.78 is 0. The van der Waals surface area contributed by atoms with Crippen molar-refractivity contribution < 1.29 is 4.79 Å². The van der Waals surface area contributed by atoms with Gasteiger partial charge >= 0.3 is 0 Å². The number of carbonyl (C=O) groups excluding carboxylic acids is 1. The lowest BCUT2D eigenvalue weighted by atomic mass is 10.1. The molecule has 98 valence electrons. The van der Waals surface area contributed by atoms with Crippen LogP contribution in [0.4, 0.5) is 5.69 Å². The van der Waals surface area contributed by atoms with Gasteiger partial charge in [-0.3, -0.25) is 4.79 Å². The SMILES string of the molecule is CCc1ccc(NC(=O)CSCCC(N)=S)cc1. The summed E-state index contributed by atoms with van der Waals surface area (Å²) in [7, 11) is 0. The van der Waals surface area contributed by atoms with Crippen LogP contribution in [0.15, 0.2) is 24.3 Å². The number of anilines is 1. The fraction of sp³-hybridized carbons (Fsp3) is 0.385. The van der Waals surface area contributed by atoms with Crippen LogP contribution in [0.1, 0.15) is 18.9 Å². The van der Waals surface area contributed by atoms with Crippen molar-refractivity contribution in [2.24, 2.45) is 5.73 Å². The maximum absolute atomic E-state index is 11.6. The van der Waals surface area contributed by atoms with Crippen molar-refractivity contribution in [3.8, 4) is 0 Å². The van der Waals surface area contributed by atoms with E-state index in [0.29, 0.717) is 17.2 Å². The third-order valence-electron chi connectivity index (χ3n) is 2.37. The van der Waals surface area contributed by atoms with Crippen LogP contribution in [0.3, 0.4) is 0 Å². The average molecular weight is 282 g/mol. The van der Waals surface area contributed by atoms with Gasteiger partial charge in [-0.05, 0) is 24.1 Å². The van der Waals surface area contributed by atoms with Crippen LogP contribution in [0.2, 0.25) is 0 Å². The minimum Gasteiger partial charge on any atom is -0.393 e. The van der Waals surface area contributed by atoms with Crippen molar-refractivity contribution >= 4 is 40.6 Å². The van der Waals surface area contributed by atoms with Gasteiger partial charge in [-0.1, -0.05) is 31.3 Å². The van der Waals surface area contributed by atoms with E-state index >= 15 is 0 Å². The first-order chi connectivity index (χ1) is 8.61. The third kappa shape index (κ3) is 6.02. The number of nitrogens with one attached hydrogen (secondary N) is 1. The summed E-state index contributed by atoms with van der Waals surface area (Å²) in [5, 5.41) is 2.86. The van der Waals surface area contributed by atoms with E-state index in [1.54, 1.807) is 0 Å². The number of thioether (sulfide) groups is 1. The Hall–Kier alpha value is -1.07. The molecule has 1 aromatic carbocycles. The molecule has 5 heteroatoms. The van der Waals surface area contributed by atoms with Crippen LogP contribution in [0.5, 0.6) is 0 Å². The molecule has 0 fully saturated rings. The van der Waals surface area contributed by atoms with Gasteiger partial charge in [0.2, 0.25) is 5.91 Å². The minimum absolute atomic E-state index is 0.00666. The molecule has 0 spiro atoms. The van der Waals surface area contributed by atoms with Crippen molar-refractivity contribution in [3.05, 3.63) is 29.8 Å². The summed E-state index contributed by atoms with van der Waals surface area (Å²) in [6.07, 6.45) is 1.68. The lowest BCUT2D eigenvalue weighted by molar-refractivity contribution is -0.113. The molecule has 0 saturated heterocycles. The highest BCUT2D eigenvalue weighted by molar-refractivity contribution is 8.00. The quantitative estimate of drug-likeness (QED) is 0.596. The highest BCUT2D eigenvalue weighted by atomic mass is 32.2. The van der Waals surface area contributed by atoms with Crippen LogP contribution in [-0.2, 0) is 11.2 Å². The van der Waals surface area contributed by atoms with Crippen LogP contribution in [0, 0.1) is 0 Å². The van der Waals surface area contributed by atoms with E-state index in [-0.39, 0.29) is 5.91 Å². The summed E-state index contributed by atoms with van der Waals surface area (Å²) in [6.45, 7) is 2.10. The first-order valence-corrected chi connectivity index (χ1v) is 7.43. The summed E-state index contributed by atoms with van der Waals surface area (Å²) in [6, 6.07) is 7.90. The fourth-order valence-electron chi connectivity index (χ4n) is 1.36. The number of aryl methyl sites for hydroxylation is 1. The molecule has 0 unspecified atom stereocenters. The molecule has 0 aromatic heterocycles. The number of rotatable bonds is 7. The number of thiocarbonyl (C=S) groups is 1. The maximum Gasteiger partial charge on any atom is 0.234 e. The predicted octanol–water partition coefficient (Wildman–Crippen LogP) is 2.60. The number of benzene rings is 1. The first-order valence-electron chi connectivity index (χ1n) is 5.86. The van der Waals surface area contributed by atoms with Crippen molar-refractivity contribution in [2.75, 3.05) is 16.8 Å². The number of amides is 1. The molecule has 3 nitrogen and oxygen atoms in total. The summed E-state index contributed by atoms with van der Waals surface area (Å²) >= 11 is 6.30. The molecular weight excluding hydrogens is 264 g/mol. The van der Waals surface area contributed by atoms with Crippen LogP contribution in [-0.4, -0.2) is 22.4 Å². The van der Waals surface area contributed by atoms with E-state index in [1.165, 1.54) is 17.3 Å². The Morgan fingerprint density at radius 1 is 1.39 bits per heavy atom. The molecule has 0 saturated carbocycles. The number of hydrogen-bond acceptors (Lipinski definition) is 3. The zero-order chi connectivity index (χ0) is 13.4. The Kier molecular flexibility index (Phi) is 6.75. The second-order valence-electron chi connectivity index (χ2n) is 3.87. The van der Waals surface area contributed by atoms with Gasteiger partial charge in [0.15, 0.2) is 0 Å². The van der Waals surface area contributed by atoms with Gasteiger partial charge in [-0.15, -0.1) is 0 Å². The standard InChI is InChI=1S/C13H18N2OS2/c1-2-10-3-5-11(6-4-10)15-13(16)9-18-8-7-12(14)17/h3-6H,2,7-9H2,1H3,(H2,14,17)(H,15,16). The summed E-state index contributed by atoms with van der Waals surface area (Å²) in [4.78, 5) is 12.1. The van der Waals surface area contributed by atoms with Gasteiger partial charge in [-0.2, -0.15) is 11.8 Å². The van der Waals surface area contributed by atoms with Crippen LogP contribution >= 0.6 is 24.0 Å². The molecule has 0 atom stereocenters. The van der Waals surface area contributed by atoms with Crippen LogP contribution in [0.25, 0.3) is 0 Å². The largest absolute Gasteiger partial charge is 0.393 e. The summed E-state index contributed by atoms with van der Waals surface area (Å²) in [5.41, 5.74) is 7.48. The fourth-order valence-corrected chi connectivity index (χ4v) is 2.36. The lowest BCUT2D eigenvalue weighted by Crippen LogP contribution is -2.15. The van der Waals surface area contributed by atoms with Gasteiger partial charge in [0.25, 0.3) is 0 Å². The molecule has 0 radical (unpaired) electrons. The second kappa shape index (κ2) is 8.11. The normalized spacial score (nSPS) is 10.1. The molecule has 0 aliphatic carbocycles. The van der Waals surface area contributed by atoms with Gasteiger partial charge in [0.1, 0.15) is 0 Å². The van der Waals surface area contributed by atoms with E-state index < -0.39 is 0 Å². The molecule has 1 aromatic rings. The summed E-state index contributed by atoms with van der Waals surface area (Å²) in [5.74, 6) is 1.22. The zero-order valence-corrected chi connectivity index (χ0v) is 12.1. The first kappa shape index (κ1) is 15.0. The average Bonchev–Trinajstić information content (AvgIpc) is 2.35. The zero-order valence-electron chi connectivity index (χ0n) is 10.4. The smallest absolute Gasteiger partial charge is 0.234 e. The maximum atomic E-state index is 11.6. The predicted molar refractivity (Wildman–Crippen MR) is 83.2 cm³/mol. The van der Waals surface area contributed by atoms with E-state index in [0.717, 1.165) is 17.9 Å². The molecule has 3 N–H and O–H groups in total. The topological polar surface area (TPSA) is 55.1 Å². The highest BCUT2D eigenvalue weighted by Gasteiger charge is 2.02. The molecule has 0 bridgehead atoms. The number of hydrogen-bond donors (Lipinski definition) is 2. The molecular formula is C13H18N2OS2. The van der Waals surface area contributed by atoms with Gasteiger partial charge in [0.05, 0.1) is 10.7 Å². The molecule has 1 rings (SSSR count). The second-order valence-corrected chi connectivity index (χ2v) is 5.50. The molecule has 0 aliphatic heterocycles. The van der Waals surface area contributed by atoms with Crippen molar-refractivity contribution in [3.63, 3.8) is 0 Å². The Morgan fingerprint density at radius 3 is 2.61 bits per heavy atom. The van der Waals surface area contributed by atoms with E-state index in [1.807, 2.05) is 24.3 Å². The Morgan fingerprint density at radius 2 is 2.06 bits per heavy atom. The lowest BCUT2D eigenvalue weighted by Gasteiger charge is -2.05. The van der Waals surface area contributed by atoms with Gasteiger partial charge < -0.3 is 11.1 Å². The molecule has 0 aliphatic rings. The molecule has 18 heavy (non-hydrogen) atoms. The number of nitrogens with two attached hydrogens (primary N) is 1. The van der Waals surface area contributed by atoms with E-state index in [2.05, 4.69) is 12.2 Å². The van der Waals surface area contributed by atoms with Crippen molar-refractivity contribution in [2.45, 2.75) is 19.8 Å². The van der Waals surface area contributed by atoms with Crippen molar-refractivity contribution in [1.82, 2.24) is 0 Å². The Balaban J connectivity index is 2.28.